The lowest BCUT2D eigenvalue weighted by atomic mass is 9.99. The fourth-order valence-electron chi connectivity index (χ4n) is 2.52. The quantitative estimate of drug-likeness (QED) is 0.777. The van der Waals surface area contributed by atoms with E-state index in [2.05, 4.69) is 22.4 Å². The van der Waals surface area contributed by atoms with Crippen LogP contribution >= 0.6 is 11.6 Å². The molecule has 0 unspecified atom stereocenters. The average Bonchev–Trinajstić information content (AvgIpc) is 2.69. The van der Waals surface area contributed by atoms with Gasteiger partial charge in [-0.25, -0.2) is 4.98 Å². The van der Waals surface area contributed by atoms with Crippen molar-refractivity contribution in [2.45, 2.75) is 25.7 Å². The van der Waals surface area contributed by atoms with Crippen molar-refractivity contribution in [3.8, 4) is 0 Å². The van der Waals surface area contributed by atoms with Gasteiger partial charge in [0.2, 0.25) is 0 Å². The van der Waals surface area contributed by atoms with Gasteiger partial charge in [-0.1, -0.05) is 17.7 Å². The number of pyridine rings is 1. The molecule has 1 saturated heterocycles. The highest BCUT2D eigenvalue weighted by molar-refractivity contribution is 6.32. The topological polar surface area (TPSA) is 26.5 Å². The first kappa shape index (κ1) is 11.1. The summed E-state index contributed by atoms with van der Waals surface area (Å²) in [5.41, 5.74) is 2.21. The smallest absolute Gasteiger partial charge is 0.155 e. The second kappa shape index (κ2) is 4.31. The molecule has 3 nitrogen and oxygen atoms in total. The summed E-state index contributed by atoms with van der Waals surface area (Å²) in [4.78, 5) is 4.55. The van der Waals surface area contributed by atoms with Crippen LogP contribution in [0.2, 0.25) is 5.15 Å². The van der Waals surface area contributed by atoms with Gasteiger partial charge < -0.3 is 9.14 Å². The van der Waals surface area contributed by atoms with Crippen molar-refractivity contribution in [3.05, 3.63) is 34.9 Å². The molecule has 0 saturated carbocycles. The lowest BCUT2D eigenvalue weighted by Crippen LogP contribution is -2.16. The summed E-state index contributed by atoms with van der Waals surface area (Å²) in [5.74, 6) is 1.54. The van der Waals surface area contributed by atoms with Gasteiger partial charge in [0.25, 0.3) is 0 Å². The summed E-state index contributed by atoms with van der Waals surface area (Å²) in [5, 5.41) is 0.615. The summed E-state index contributed by atoms with van der Waals surface area (Å²) < 4.78 is 7.53. The molecule has 90 valence electrons. The molecule has 0 bridgehead atoms. The summed E-state index contributed by atoms with van der Waals surface area (Å²) in [6, 6.07) is 4.11. The van der Waals surface area contributed by atoms with Crippen LogP contribution in [-0.2, 0) is 4.74 Å². The van der Waals surface area contributed by atoms with E-state index in [1.165, 1.54) is 5.56 Å². The number of aromatic nitrogens is 2. The fraction of sp³-hybridized carbons (Fsp3) is 0.462. The number of imidazole rings is 1. The van der Waals surface area contributed by atoms with E-state index in [1.54, 1.807) is 0 Å². The third-order valence-electron chi connectivity index (χ3n) is 3.44. The highest BCUT2D eigenvalue weighted by Crippen LogP contribution is 2.30. The SMILES string of the molecule is Cc1cccn2c(C3CCOCC3)nc(Cl)c12. The van der Waals surface area contributed by atoms with Crippen LogP contribution in [0.1, 0.15) is 30.1 Å². The van der Waals surface area contributed by atoms with Crippen molar-refractivity contribution >= 4 is 17.1 Å². The Morgan fingerprint density at radius 3 is 2.94 bits per heavy atom. The predicted octanol–water partition coefficient (Wildman–Crippen LogP) is 3.19. The van der Waals surface area contributed by atoms with Crippen LogP contribution in [-0.4, -0.2) is 22.6 Å². The number of halogens is 1. The van der Waals surface area contributed by atoms with E-state index in [1.807, 2.05) is 12.3 Å². The summed E-state index contributed by atoms with van der Waals surface area (Å²) >= 11 is 6.24. The zero-order valence-electron chi connectivity index (χ0n) is 9.82. The molecule has 17 heavy (non-hydrogen) atoms. The first-order valence-electron chi connectivity index (χ1n) is 5.98. The molecule has 1 fully saturated rings. The van der Waals surface area contributed by atoms with Crippen molar-refractivity contribution in [1.29, 1.82) is 0 Å². The molecule has 0 aliphatic carbocycles. The molecule has 2 aromatic rings. The lowest BCUT2D eigenvalue weighted by Gasteiger charge is -2.20. The highest BCUT2D eigenvalue weighted by Gasteiger charge is 2.22. The first-order chi connectivity index (χ1) is 8.27. The minimum absolute atomic E-state index is 0.463. The minimum atomic E-state index is 0.463. The van der Waals surface area contributed by atoms with Gasteiger partial charge in [-0.05, 0) is 31.4 Å². The second-order valence-electron chi connectivity index (χ2n) is 4.56. The average molecular weight is 251 g/mol. The van der Waals surface area contributed by atoms with Crippen LogP contribution in [0, 0.1) is 6.92 Å². The Bertz CT molecular complexity index is 544. The maximum Gasteiger partial charge on any atom is 0.155 e. The van der Waals surface area contributed by atoms with Gasteiger partial charge in [0, 0.05) is 25.3 Å². The monoisotopic (exact) mass is 250 g/mol. The molecule has 3 heterocycles. The molecule has 1 aliphatic rings. The Kier molecular flexibility index (Phi) is 2.81. The zero-order chi connectivity index (χ0) is 11.8. The molecule has 0 amide bonds. The maximum atomic E-state index is 6.24. The number of hydrogen-bond acceptors (Lipinski definition) is 2. The molecule has 3 rings (SSSR count). The number of aryl methyl sites for hydroxylation is 1. The van der Waals surface area contributed by atoms with Gasteiger partial charge in [0.05, 0.1) is 5.52 Å². The first-order valence-corrected chi connectivity index (χ1v) is 6.36. The van der Waals surface area contributed by atoms with Crippen LogP contribution < -0.4 is 0 Å². The molecule has 0 radical (unpaired) electrons. The molecule has 0 aromatic carbocycles. The molecular weight excluding hydrogens is 236 g/mol. The number of fused-ring (bicyclic) bond motifs is 1. The van der Waals surface area contributed by atoms with Crippen molar-refractivity contribution in [2.75, 3.05) is 13.2 Å². The minimum Gasteiger partial charge on any atom is -0.381 e. The largest absolute Gasteiger partial charge is 0.381 e. The number of ether oxygens (including phenoxy) is 1. The van der Waals surface area contributed by atoms with E-state index in [0.29, 0.717) is 11.1 Å². The van der Waals surface area contributed by atoms with E-state index >= 15 is 0 Å². The van der Waals surface area contributed by atoms with Crippen LogP contribution in [0.3, 0.4) is 0 Å². The summed E-state index contributed by atoms with van der Waals surface area (Å²) in [6.07, 6.45) is 4.11. The molecule has 4 heteroatoms. The Morgan fingerprint density at radius 2 is 2.18 bits per heavy atom. The van der Waals surface area contributed by atoms with E-state index in [4.69, 9.17) is 16.3 Å². The maximum absolute atomic E-state index is 6.24. The van der Waals surface area contributed by atoms with Crippen molar-refractivity contribution in [1.82, 2.24) is 9.38 Å². The molecule has 1 aliphatic heterocycles. The lowest BCUT2D eigenvalue weighted by molar-refractivity contribution is 0.0835. The zero-order valence-corrected chi connectivity index (χ0v) is 10.6. The Hall–Kier alpha value is -1.06. The van der Waals surface area contributed by atoms with Gasteiger partial charge in [0.15, 0.2) is 5.15 Å². The predicted molar refractivity (Wildman–Crippen MR) is 67.7 cm³/mol. The normalized spacial score (nSPS) is 17.8. The van der Waals surface area contributed by atoms with Crippen molar-refractivity contribution < 1.29 is 4.74 Å². The second-order valence-corrected chi connectivity index (χ2v) is 4.92. The van der Waals surface area contributed by atoms with E-state index in [-0.39, 0.29) is 0 Å². The van der Waals surface area contributed by atoms with Gasteiger partial charge in [-0.15, -0.1) is 0 Å². The number of rotatable bonds is 1. The van der Waals surface area contributed by atoms with Gasteiger partial charge >= 0.3 is 0 Å². The van der Waals surface area contributed by atoms with Crippen LogP contribution in [0.25, 0.3) is 5.52 Å². The van der Waals surface area contributed by atoms with Crippen LogP contribution in [0.4, 0.5) is 0 Å². The number of nitrogens with zero attached hydrogens (tertiary/aromatic N) is 2. The van der Waals surface area contributed by atoms with E-state index in [9.17, 15) is 0 Å². The fourth-order valence-corrected chi connectivity index (χ4v) is 2.85. The Morgan fingerprint density at radius 1 is 1.41 bits per heavy atom. The van der Waals surface area contributed by atoms with Crippen molar-refractivity contribution in [2.24, 2.45) is 0 Å². The highest BCUT2D eigenvalue weighted by atomic mass is 35.5. The van der Waals surface area contributed by atoms with Crippen LogP contribution in [0.5, 0.6) is 0 Å². The van der Waals surface area contributed by atoms with E-state index < -0.39 is 0 Å². The molecule has 2 aromatic heterocycles. The summed E-state index contributed by atoms with van der Waals surface area (Å²) in [6.45, 7) is 3.71. The molecular formula is C13H15ClN2O. The summed E-state index contributed by atoms with van der Waals surface area (Å²) in [7, 11) is 0. The molecule has 0 spiro atoms. The standard InChI is InChI=1S/C13H15ClN2O/c1-9-3-2-6-16-11(9)12(14)15-13(16)10-4-7-17-8-5-10/h2-3,6,10H,4-5,7-8H2,1H3. The number of hydrogen-bond donors (Lipinski definition) is 0. The molecule has 0 atom stereocenters. The Labute approximate surface area is 105 Å². The third-order valence-corrected chi connectivity index (χ3v) is 3.70. The van der Waals surface area contributed by atoms with Crippen LogP contribution in [0.15, 0.2) is 18.3 Å². The van der Waals surface area contributed by atoms with E-state index in [0.717, 1.165) is 37.4 Å². The van der Waals surface area contributed by atoms with Gasteiger partial charge in [-0.3, -0.25) is 0 Å². The van der Waals surface area contributed by atoms with Crippen molar-refractivity contribution in [3.63, 3.8) is 0 Å². The molecule has 0 N–H and O–H groups in total. The van der Waals surface area contributed by atoms with Gasteiger partial charge in [0.1, 0.15) is 5.82 Å². The third kappa shape index (κ3) is 1.83. The Balaban J connectivity index is 2.13. The van der Waals surface area contributed by atoms with Gasteiger partial charge in [-0.2, -0.15) is 0 Å².